The highest BCUT2D eigenvalue weighted by atomic mass is 16.5. The average molecular weight is 277 g/mol. The standard InChI is InChI=1S/C14H23N5O/c1-2-15-14(16-7-9-19-8-3-6-17-19)18-12-10-11-4-5-13(12)20-11/h3,6,8,11-13H,2,4-5,7,9-10H2,1H3,(H2,15,16,18). The molecule has 110 valence electrons. The van der Waals surface area contributed by atoms with Gasteiger partial charge in [-0.05, 0) is 32.3 Å². The lowest BCUT2D eigenvalue weighted by atomic mass is 9.96. The summed E-state index contributed by atoms with van der Waals surface area (Å²) in [5, 5.41) is 11.0. The van der Waals surface area contributed by atoms with Gasteiger partial charge in [0.1, 0.15) is 0 Å². The van der Waals surface area contributed by atoms with Crippen molar-refractivity contribution in [2.45, 2.75) is 51.0 Å². The van der Waals surface area contributed by atoms with Crippen LogP contribution in [0.25, 0.3) is 0 Å². The SMILES string of the molecule is CCNC(=NCCn1cccn1)NC1CC2CCC1O2. The third kappa shape index (κ3) is 3.12. The maximum Gasteiger partial charge on any atom is 0.191 e. The Morgan fingerprint density at radius 2 is 2.45 bits per heavy atom. The number of hydrogen-bond donors (Lipinski definition) is 2. The van der Waals surface area contributed by atoms with Gasteiger partial charge in [0.25, 0.3) is 0 Å². The topological polar surface area (TPSA) is 63.5 Å². The van der Waals surface area contributed by atoms with E-state index in [9.17, 15) is 0 Å². The monoisotopic (exact) mass is 277 g/mol. The third-order valence-electron chi connectivity index (χ3n) is 3.93. The molecule has 0 amide bonds. The number of fused-ring (bicyclic) bond motifs is 2. The minimum Gasteiger partial charge on any atom is -0.373 e. The first-order chi connectivity index (χ1) is 9.85. The average Bonchev–Trinajstić information content (AvgIpc) is 3.16. The molecule has 3 rings (SSSR count). The molecule has 1 aromatic heterocycles. The zero-order valence-corrected chi connectivity index (χ0v) is 12.0. The minimum atomic E-state index is 0.370. The van der Waals surface area contributed by atoms with Crippen molar-refractivity contribution < 1.29 is 4.74 Å². The van der Waals surface area contributed by atoms with Crippen LogP contribution >= 0.6 is 0 Å². The van der Waals surface area contributed by atoms with Crippen molar-refractivity contribution >= 4 is 5.96 Å². The van der Waals surface area contributed by atoms with Gasteiger partial charge >= 0.3 is 0 Å². The van der Waals surface area contributed by atoms with E-state index in [0.717, 1.165) is 32.0 Å². The molecular weight excluding hydrogens is 254 g/mol. The molecule has 3 atom stereocenters. The Labute approximate surface area is 119 Å². The fourth-order valence-electron chi connectivity index (χ4n) is 2.98. The molecule has 20 heavy (non-hydrogen) atoms. The summed E-state index contributed by atoms with van der Waals surface area (Å²) in [4.78, 5) is 4.61. The quantitative estimate of drug-likeness (QED) is 0.616. The molecule has 0 saturated carbocycles. The highest BCUT2D eigenvalue weighted by Crippen LogP contribution is 2.34. The minimum absolute atomic E-state index is 0.370. The Bertz CT molecular complexity index is 444. The molecule has 2 N–H and O–H groups in total. The maximum atomic E-state index is 5.87. The number of aliphatic imine (C=N–C) groups is 1. The molecule has 2 fully saturated rings. The first-order valence-corrected chi connectivity index (χ1v) is 7.53. The zero-order chi connectivity index (χ0) is 13.8. The zero-order valence-electron chi connectivity index (χ0n) is 12.0. The number of nitrogens with one attached hydrogen (secondary N) is 2. The van der Waals surface area contributed by atoms with Crippen LogP contribution in [0.1, 0.15) is 26.2 Å². The van der Waals surface area contributed by atoms with Crippen LogP contribution in [0.4, 0.5) is 0 Å². The summed E-state index contributed by atoms with van der Waals surface area (Å²) in [6.45, 7) is 4.48. The lowest BCUT2D eigenvalue weighted by molar-refractivity contribution is 0.0992. The fraction of sp³-hybridized carbons (Fsp3) is 0.714. The molecule has 0 spiro atoms. The van der Waals surface area contributed by atoms with Crippen LogP contribution in [0, 0.1) is 0 Å². The summed E-state index contributed by atoms with van der Waals surface area (Å²) in [7, 11) is 0. The highest BCUT2D eigenvalue weighted by molar-refractivity contribution is 5.80. The van der Waals surface area contributed by atoms with Crippen LogP contribution in [0.5, 0.6) is 0 Å². The summed E-state index contributed by atoms with van der Waals surface area (Å²) in [5.41, 5.74) is 0. The first-order valence-electron chi connectivity index (χ1n) is 7.53. The van der Waals surface area contributed by atoms with E-state index in [2.05, 4.69) is 27.6 Å². The molecule has 6 nitrogen and oxygen atoms in total. The van der Waals surface area contributed by atoms with Gasteiger partial charge in [-0.15, -0.1) is 0 Å². The van der Waals surface area contributed by atoms with Crippen LogP contribution in [0.3, 0.4) is 0 Å². The highest BCUT2D eigenvalue weighted by Gasteiger charge is 2.41. The second kappa shape index (κ2) is 6.26. The van der Waals surface area contributed by atoms with Crippen LogP contribution in [-0.4, -0.2) is 47.1 Å². The predicted molar refractivity (Wildman–Crippen MR) is 77.6 cm³/mol. The predicted octanol–water partition coefficient (Wildman–Crippen LogP) is 0.758. The first kappa shape index (κ1) is 13.4. The molecular formula is C14H23N5O. The van der Waals surface area contributed by atoms with Gasteiger partial charge in [-0.3, -0.25) is 9.67 Å². The molecule has 6 heteroatoms. The van der Waals surface area contributed by atoms with Gasteiger partial charge in [-0.25, -0.2) is 0 Å². The van der Waals surface area contributed by atoms with Crippen LogP contribution < -0.4 is 10.6 Å². The van der Waals surface area contributed by atoms with E-state index in [-0.39, 0.29) is 0 Å². The van der Waals surface area contributed by atoms with Crippen molar-refractivity contribution in [1.29, 1.82) is 0 Å². The Morgan fingerprint density at radius 1 is 1.50 bits per heavy atom. The van der Waals surface area contributed by atoms with E-state index in [4.69, 9.17) is 4.74 Å². The van der Waals surface area contributed by atoms with E-state index in [1.165, 1.54) is 12.8 Å². The lowest BCUT2D eigenvalue weighted by Crippen LogP contribution is -2.47. The number of aromatic nitrogens is 2. The second-order valence-corrected chi connectivity index (χ2v) is 5.39. The van der Waals surface area contributed by atoms with Gasteiger partial charge in [0, 0.05) is 18.9 Å². The summed E-state index contributed by atoms with van der Waals surface area (Å²) in [6.07, 6.45) is 8.08. The molecule has 2 bridgehead atoms. The second-order valence-electron chi connectivity index (χ2n) is 5.39. The van der Waals surface area contributed by atoms with Crippen molar-refractivity contribution in [3.8, 4) is 0 Å². The summed E-state index contributed by atoms with van der Waals surface area (Å²) >= 11 is 0. The molecule has 0 aromatic carbocycles. The Morgan fingerprint density at radius 3 is 3.10 bits per heavy atom. The van der Waals surface area contributed by atoms with Crippen LogP contribution in [0.15, 0.2) is 23.5 Å². The Balaban J connectivity index is 1.52. The Kier molecular flexibility index (Phi) is 4.20. The summed E-state index contributed by atoms with van der Waals surface area (Å²) in [5.74, 6) is 0.890. The van der Waals surface area contributed by atoms with Crippen molar-refractivity contribution in [3.05, 3.63) is 18.5 Å². The molecule has 2 aliphatic rings. The van der Waals surface area contributed by atoms with Crippen molar-refractivity contribution in [3.63, 3.8) is 0 Å². The summed E-state index contributed by atoms with van der Waals surface area (Å²) < 4.78 is 7.76. The van der Waals surface area contributed by atoms with E-state index < -0.39 is 0 Å². The number of rotatable bonds is 5. The normalized spacial score (nSPS) is 28.9. The van der Waals surface area contributed by atoms with Gasteiger partial charge < -0.3 is 15.4 Å². The van der Waals surface area contributed by atoms with E-state index in [0.29, 0.717) is 18.2 Å². The molecule has 3 unspecified atom stereocenters. The van der Waals surface area contributed by atoms with Crippen LogP contribution in [0.2, 0.25) is 0 Å². The van der Waals surface area contributed by atoms with Crippen molar-refractivity contribution in [2.75, 3.05) is 13.1 Å². The van der Waals surface area contributed by atoms with Gasteiger partial charge in [0.05, 0.1) is 31.3 Å². The largest absolute Gasteiger partial charge is 0.373 e. The third-order valence-corrected chi connectivity index (χ3v) is 3.93. The van der Waals surface area contributed by atoms with E-state index in [1.807, 2.05) is 16.9 Å². The number of nitrogens with zero attached hydrogens (tertiary/aromatic N) is 3. The van der Waals surface area contributed by atoms with Crippen molar-refractivity contribution in [2.24, 2.45) is 4.99 Å². The van der Waals surface area contributed by atoms with E-state index in [1.54, 1.807) is 6.20 Å². The van der Waals surface area contributed by atoms with E-state index >= 15 is 0 Å². The molecule has 2 saturated heterocycles. The van der Waals surface area contributed by atoms with Gasteiger partial charge in [-0.2, -0.15) is 5.10 Å². The number of hydrogen-bond acceptors (Lipinski definition) is 3. The molecule has 3 heterocycles. The summed E-state index contributed by atoms with van der Waals surface area (Å²) in [6, 6.07) is 2.34. The van der Waals surface area contributed by atoms with Crippen molar-refractivity contribution in [1.82, 2.24) is 20.4 Å². The fourth-order valence-corrected chi connectivity index (χ4v) is 2.98. The Hall–Kier alpha value is -1.56. The van der Waals surface area contributed by atoms with Crippen LogP contribution in [-0.2, 0) is 11.3 Å². The number of guanidine groups is 1. The molecule has 1 aromatic rings. The van der Waals surface area contributed by atoms with Gasteiger partial charge in [0.15, 0.2) is 5.96 Å². The smallest absolute Gasteiger partial charge is 0.191 e. The molecule has 2 aliphatic heterocycles. The maximum absolute atomic E-state index is 5.87. The van der Waals surface area contributed by atoms with Gasteiger partial charge in [-0.1, -0.05) is 0 Å². The van der Waals surface area contributed by atoms with Gasteiger partial charge in [0.2, 0.25) is 0 Å². The molecule has 0 aliphatic carbocycles. The molecule has 0 radical (unpaired) electrons. The number of ether oxygens (including phenoxy) is 1. The lowest BCUT2D eigenvalue weighted by Gasteiger charge is -2.22.